The number of sulfonamides is 1. The summed E-state index contributed by atoms with van der Waals surface area (Å²) in [5.41, 5.74) is 6.56. The molecule has 21 heavy (non-hydrogen) atoms. The number of hydrogen-bond donors (Lipinski definition) is 2. The molecule has 6 heteroatoms. The summed E-state index contributed by atoms with van der Waals surface area (Å²) < 4.78 is 27.4. The van der Waals surface area contributed by atoms with E-state index in [1.807, 2.05) is 0 Å². The summed E-state index contributed by atoms with van der Waals surface area (Å²) >= 11 is 6.03. The van der Waals surface area contributed by atoms with Crippen molar-refractivity contribution >= 4 is 21.6 Å². The smallest absolute Gasteiger partial charge is 0.240 e. The van der Waals surface area contributed by atoms with Gasteiger partial charge in [-0.15, -0.1) is 0 Å². The van der Waals surface area contributed by atoms with Crippen LogP contribution in [0.3, 0.4) is 0 Å². The van der Waals surface area contributed by atoms with Crippen molar-refractivity contribution in [1.29, 1.82) is 0 Å². The van der Waals surface area contributed by atoms with Gasteiger partial charge in [0.05, 0.1) is 4.90 Å². The Morgan fingerprint density at radius 1 is 1.24 bits per heavy atom. The predicted octanol–water partition coefficient (Wildman–Crippen LogP) is 2.76. The Labute approximate surface area is 132 Å². The topological polar surface area (TPSA) is 72.2 Å². The van der Waals surface area contributed by atoms with E-state index in [9.17, 15) is 8.42 Å². The average molecular weight is 331 g/mol. The monoisotopic (exact) mass is 330 g/mol. The molecule has 1 saturated carbocycles. The maximum Gasteiger partial charge on any atom is 0.240 e. The van der Waals surface area contributed by atoms with Gasteiger partial charge in [-0.05, 0) is 34.4 Å². The third-order valence-electron chi connectivity index (χ3n) is 5.35. The van der Waals surface area contributed by atoms with Crippen LogP contribution in [0.1, 0.15) is 33.3 Å². The zero-order valence-electron chi connectivity index (χ0n) is 12.9. The van der Waals surface area contributed by atoms with Crippen molar-refractivity contribution < 1.29 is 8.42 Å². The number of hydrogen-bond acceptors (Lipinski definition) is 3. The van der Waals surface area contributed by atoms with Crippen LogP contribution in [0.25, 0.3) is 0 Å². The highest BCUT2D eigenvalue weighted by molar-refractivity contribution is 7.89. The van der Waals surface area contributed by atoms with E-state index in [0.29, 0.717) is 17.5 Å². The molecule has 0 spiro atoms. The molecule has 1 aliphatic carbocycles. The highest BCUT2D eigenvalue weighted by Crippen LogP contribution is 2.67. The van der Waals surface area contributed by atoms with Crippen molar-refractivity contribution in [2.75, 3.05) is 6.54 Å². The highest BCUT2D eigenvalue weighted by Gasteiger charge is 2.64. The summed E-state index contributed by atoms with van der Waals surface area (Å²) in [6, 6.07) is 4.65. The van der Waals surface area contributed by atoms with Crippen molar-refractivity contribution in [3.8, 4) is 0 Å². The molecule has 1 aromatic carbocycles. The Morgan fingerprint density at radius 2 is 1.81 bits per heavy atom. The van der Waals surface area contributed by atoms with E-state index >= 15 is 0 Å². The molecule has 1 aliphatic rings. The van der Waals surface area contributed by atoms with Gasteiger partial charge in [0, 0.05) is 18.1 Å². The Balaban J connectivity index is 2.12. The predicted molar refractivity (Wildman–Crippen MR) is 85.6 cm³/mol. The molecule has 0 aromatic heterocycles. The molecule has 0 radical (unpaired) electrons. The van der Waals surface area contributed by atoms with Gasteiger partial charge in [0.15, 0.2) is 0 Å². The van der Waals surface area contributed by atoms with Gasteiger partial charge in [0.25, 0.3) is 0 Å². The summed E-state index contributed by atoms with van der Waals surface area (Å²) in [5.74, 6) is 0.332. The van der Waals surface area contributed by atoms with Crippen molar-refractivity contribution in [3.63, 3.8) is 0 Å². The highest BCUT2D eigenvalue weighted by atomic mass is 35.5. The molecule has 0 unspecified atom stereocenters. The van der Waals surface area contributed by atoms with Crippen LogP contribution in [0.5, 0.6) is 0 Å². The summed E-state index contributed by atoms with van der Waals surface area (Å²) in [5, 5.41) is 0.382. The van der Waals surface area contributed by atoms with Gasteiger partial charge in [-0.3, -0.25) is 0 Å². The van der Waals surface area contributed by atoms with Gasteiger partial charge >= 0.3 is 0 Å². The summed E-state index contributed by atoms with van der Waals surface area (Å²) in [4.78, 5) is 0.181. The maximum absolute atomic E-state index is 12.3. The zero-order valence-corrected chi connectivity index (χ0v) is 14.5. The van der Waals surface area contributed by atoms with E-state index in [-0.39, 0.29) is 22.3 Å². The van der Waals surface area contributed by atoms with Crippen LogP contribution in [-0.4, -0.2) is 15.0 Å². The largest absolute Gasteiger partial charge is 0.326 e. The SMILES string of the molecule is CC1(C)C(CNS(=O)(=O)c2ccc(CN)c(Cl)c2)C1(C)C. The quantitative estimate of drug-likeness (QED) is 0.872. The number of halogens is 1. The van der Waals surface area contributed by atoms with E-state index in [4.69, 9.17) is 17.3 Å². The van der Waals surface area contributed by atoms with Crippen molar-refractivity contribution in [1.82, 2.24) is 4.72 Å². The fraction of sp³-hybridized carbons (Fsp3) is 0.600. The van der Waals surface area contributed by atoms with Gasteiger partial charge in [0.1, 0.15) is 0 Å². The first kappa shape index (κ1) is 16.7. The number of nitrogens with two attached hydrogens (primary N) is 1. The molecule has 0 atom stereocenters. The van der Waals surface area contributed by atoms with Gasteiger partial charge in [-0.2, -0.15) is 0 Å². The van der Waals surface area contributed by atoms with Crippen molar-refractivity contribution in [3.05, 3.63) is 28.8 Å². The molecule has 3 N–H and O–H groups in total. The zero-order chi connectivity index (χ0) is 16.1. The number of benzene rings is 1. The standard InChI is InChI=1S/C15H23ClN2O2S/c1-14(2)13(15(14,3)4)9-18-21(19,20)11-6-5-10(8-17)12(16)7-11/h5-7,13,18H,8-9,17H2,1-4H3. The second-order valence-electron chi connectivity index (χ2n) is 6.81. The third-order valence-corrected chi connectivity index (χ3v) is 7.12. The molecular formula is C15H23ClN2O2S. The molecule has 1 fully saturated rings. The molecule has 118 valence electrons. The van der Waals surface area contributed by atoms with Gasteiger partial charge in [0.2, 0.25) is 10.0 Å². The minimum Gasteiger partial charge on any atom is -0.326 e. The van der Waals surface area contributed by atoms with Crippen molar-refractivity contribution in [2.24, 2.45) is 22.5 Å². The van der Waals surface area contributed by atoms with Gasteiger partial charge in [-0.25, -0.2) is 13.1 Å². The molecule has 2 rings (SSSR count). The molecular weight excluding hydrogens is 308 g/mol. The normalized spacial score (nSPS) is 20.5. The number of nitrogens with one attached hydrogen (secondary N) is 1. The molecule has 0 bridgehead atoms. The van der Waals surface area contributed by atoms with Crippen LogP contribution in [0.4, 0.5) is 0 Å². The van der Waals surface area contributed by atoms with Crippen LogP contribution < -0.4 is 10.5 Å². The third kappa shape index (κ3) is 2.84. The lowest BCUT2D eigenvalue weighted by Gasteiger charge is -2.09. The first-order chi connectivity index (χ1) is 9.54. The Kier molecular flexibility index (Phi) is 4.17. The summed E-state index contributed by atoms with van der Waals surface area (Å²) in [7, 11) is -3.54. The lowest BCUT2D eigenvalue weighted by molar-refractivity contribution is 0.457. The molecule has 0 aliphatic heterocycles. The fourth-order valence-electron chi connectivity index (χ4n) is 2.98. The molecule has 0 amide bonds. The number of rotatable bonds is 5. The van der Waals surface area contributed by atoms with Gasteiger partial charge in [-0.1, -0.05) is 45.4 Å². The van der Waals surface area contributed by atoms with E-state index in [1.165, 1.54) is 6.07 Å². The van der Waals surface area contributed by atoms with E-state index in [0.717, 1.165) is 5.56 Å². The van der Waals surface area contributed by atoms with Crippen LogP contribution in [0, 0.1) is 16.7 Å². The minimum absolute atomic E-state index is 0.149. The lowest BCUT2D eigenvalue weighted by Crippen LogP contribution is -2.27. The van der Waals surface area contributed by atoms with Crippen LogP contribution in [0.15, 0.2) is 23.1 Å². The Hall–Kier alpha value is -0.620. The van der Waals surface area contributed by atoms with Crippen LogP contribution in [-0.2, 0) is 16.6 Å². The molecule has 4 nitrogen and oxygen atoms in total. The van der Waals surface area contributed by atoms with Crippen LogP contribution >= 0.6 is 11.6 Å². The molecule has 0 heterocycles. The average Bonchev–Trinajstić information content (AvgIpc) is 2.77. The molecule has 1 aromatic rings. The summed E-state index contributed by atoms with van der Waals surface area (Å²) in [6.07, 6.45) is 0. The molecule has 0 saturated heterocycles. The van der Waals surface area contributed by atoms with Crippen molar-refractivity contribution in [2.45, 2.75) is 39.1 Å². The first-order valence-corrected chi connectivity index (χ1v) is 8.88. The van der Waals surface area contributed by atoms with Gasteiger partial charge < -0.3 is 5.73 Å². The van der Waals surface area contributed by atoms with E-state index in [2.05, 4.69) is 32.4 Å². The second-order valence-corrected chi connectivity index (χ2v) is 8.98. The Morgan fingerprint density at radius 3 is 2.24 bits per heavy atom. The van der Waals surface area contributed by atoms with E-state index in [1.54, 1.807) is 12.1 Å². The summed E-state index contributed by atoms with van der Waals surface area (Å²) in [6.45, 7) is 9.39. The first-order valence-electron chi connectivity index (χ1n) is 7.02. The van der Waals surface area contributed by atoms with Crippen LogP contribution in [0.2, 0.25) is 5.02 Å². The fourth-order valence-corrected chi connectivity index (χ4v) is 4.38. The lowest BCUT2D eigenvalue weighted by atomic mass is 10.0. The van der Waals surface area contributed by atoms with E-state index < -0.39 is 10.0 Å². The second kappa shape index (κ2) is 5.23. The maximum atomic E-state index is 12.3. The Bertz CT molecular complexity index is 640. The minimum atomic E-state index is -3.54.